The van der Waals surface area contributed by atoms with E-state index in [1.165, 1.54) is 11.1 Å². The molecule has 0 aromatic heterocycles. The summed E-state index contributed by atoms with van der Waals surface area (Å²) in [6, 6.07) is 0. The molecule has 0 saturated carbocycles. The van der Waals surface area contributed by atoms with Gasteiger partial charge in [-0.1, -0.05) is 11.6 Å². The zero-order valence-corrected chi connectivity index (χ0v) is 16.9. The molecular formula is C18H24ClF3N5O2+. The van der Waals surface area contributed by atoms with E-state index in [1.807, 2.05) is 0 Å². The van der Waals surface area contributed by atoms with Gasteiger partial charge in [-0.2, -0.15) is 13.2 Å². The highest BCUT2D eigenvalue weighted by Gasteiger charge is 2.30. The quantitative estimate of drug-likeness (QED) is 0.332. The Balaban J connectivity index is 2.66. The molecule has 29 heavy (non-hydrogen) atoms. The largest absolute Gasteiger partial charge is 0.390 e. The molecule has 0 bridgehead atoms. The van der Waals surface area contributed by atoms with Gasteiger partial charge in [0.1, 0.15) is 5.50 Å². The highest BCUT2D eigenvalue weighted by molar-refractivity contribution is 6.22. The first-order valence-corrected chi connectivity index (χ1v) is 9.31. The monoisotopic (exact) mass is 434 g/mol. The molecule has 0 saturated heterocycles. The Morgan fingerprint density at radius 3 is 2.72 bits per heavy atom. The SMILES string of the molecule is C#[N+]C=CC=C(C)N1C=C(N(CC)C(=O)CCC(=O)NCCC(F)(F)F)C(Cl)N1. The number of likely N-dealkylation sites (N-methyl/N-ethyl adjacent to an activating group) is 1. The summed E-state index contributed by atoms with van der Waals surface area (Å²) in [6.45, 7) is 8.38. The molecule has 1 unspecified atom stereocenters. The summed E-state index contributed by atoms with van der Waals surface area (Å²) in [6.07, 6.45) is 0.608. The Morgan fingerprint density at radius 2 is 2.14 bits per heavy atom. The van der Waals surface area contributed by atoms with Crippen molar-refractivity contribution in [1.29, 1.82) is 0 Å². The van der Waals surface area contributed by atoms with Crippen LogP contribution in [0.5, 0.6) is 0 Å². The number of halogens is 4. The topological polar surface area (TPSA) is 69.0 Å². The number of carbonyl (C=O) groups excluding carboxylic acids is 2. The van der Waals surface area contributed by atoms with Gasteiger partial charge in [-0.25, -0.2) is 5.43 Å². The highest BCUT2D eigenvalue weighted by Crippen LogP contribution is 2.23. The molecule has 2 amide bonds. The molecule has 2 N–H and O–H groups in total. The van der Waals surface area contributed by atoms with Gasteiger partial charge in [0.25, 0.3) is 6.57 Å². The van der Waals surface area contributed by atoms with Gasteiger partial charge in [-0.3, -0.25) is 14.6 Å². The molecule has 1 aliphatic heterocycles. The van der Waals surface area contributed by atoms with E-state index in [0.717, 1.165) is 5.70 Å². The van der Waals surface area contributed by atoms with E-state index >= 15 is 0 Å². The molecule has 1 rings (SSSR count). The summed E-state index contributed by atoms with van der Waals surface area (Å²) in [5.41, 5.74) is 3.55. The lowest BCUT2D eigenvalue weighted by atomic mass is 10.2. The molecule has 1 atom stereocenters. The minimum absolute atomic E-state index is 0.151. The summed E-state index contributed by atoms with van der Waals surface area (Å²) in [7, 11) is 0. The molecule has 1 aliphatic rings. The number of nitrogens with one attached hydrogen (secondary N) is 2. The van der Waals surface area contributed by atoms with Crippen LogP contribution in [0.25, 0.3) is 4.85 Å². The summed E-state index contributed by atoms with van der Waals surface area (Å²) in [5.74, 6) is -0.973. The zero-order valence-electron chi connectivity index (χ0n) is 16.2. The minimum atomic E-state index is -4.34. The molecule has 7 nitrogen and oxygen atoms in total. The lowest BCUT2D eigenvalue weighted by Gasteiger charge is -2.23. The average molecular weight is 435 g/mol. The van der Waals surface area contributed by atoms with Crippen molar-refractivity contribution in [3.63, 3.8) is 0 Å². The van der Waals surface area contributed by atoms with E-state index in [9.17, 15) is 22.8 Å². The zero-order chi connectivity index (χ0) is 22.0. The minimum Gasteiger partial charge on any atom is -0.356 e. The second-order valence-electron chi connectivity index (χ2n) is 6.07. The Morgan fingerprint density at radius 1 is 1.45 bits per heavy atom. The number of hydrogen-bond donors (Lipinski definition) is 2. The predicted octanol–water partition coefficient (Wildman–Crippen LogP) is 3.29. The Bertz CT molecular complexity index is 728. The van der Waals surface area contributed by atoms with Crippen LogP contribution in [-0.4, -0.2) is 46.5 Å². The third kappa shape index (κ3) is 8.58. The standard InChI is InChI=1S/C18H23ClF3N5O2/c1-4-26(16(29)8-7-15(28)24-11-9-18(20,21)22)14-12-27(25-17(14)19)13(2)6-5-10-23-3/h3,5-6,10,12,17,25H,4,7-9,11H2,1-2H3/p+1. The molecule has 11 heteroatoms. The summed E-state index contributed by atoms with van der Waals surface area (Å²) in [5, 5.41) is 3.79. The number of rotatable bonds is 9. The molecule has 1 heterocycles. The lowest BCUT2D eigenvalue weighted by Crippen LogP contribution is -2.37. The molecule has 0 aromatic rings. The van der Waals surface area contributed by atoms with E-state index in [1.54, 1.807) is 37.2 Å². The number of amides is 2. The molecule has 0 aromatic carbocycles. The fraction of sp³-hybridized carbons (Fsp3) is 0.500. The van der Waals surface area contributed by atoms with Crippen LogP contribution in [0.2, 0.25) is 0 Å². The van der Waals surface area contributed by atoms with Crippen LogP contribution in [0.15, 0.2) is 35.9 Å². The van der Waals surface area contributed by atoms with Crippen molar-refractivity contribution in [3.8, 4) is 6.57 Å². The molecule has 0 radical (unpaired) electrons. The first-order valence-electron chi connectivity index (χ1n) is 8.87. The Labute approximate surface area is 172 Å². The number of allylic oxidation sites excluding steroid dienone is 3. The van der Waals surface area contributed by atoms with E-state index in [0.29, 0.717) is 12.2 Å². The van der Waals surface area contributed by atoms with E-state index in [2.05, 4.69) is 15.6 Å². The van der Waals surface area contributed by atoms with Crippen LogP contribution in [0.4, 0.5) is 13.2 Å². The van der Waals surface area contributed by atoms with Crippen LogP contribution < -0.4 is 10.7 Å². The van der Waals surface area contributed by atoms with Gasteiger partial charge in [0.2, 0.25) is 11.8 Å². The molecule has 0 spiro atoms. The third-order valence-corrected chi connectivity index (χ3v) is 4.21. The third-order valence-electron chi connectivity index (χ3n) is 3.89. The van der Waals surface area contributed by atoms with E-state index in [4.69, 9.17) is 18.2 Å². The van der Waals surface area contributed by atoms with Crippen molar-refractivity contribution in [2.24, 2.45) is 0 Å². The fourth-order valence-corrected chi connectivity index (χ4v) is 2.72. The first-order chi connectivity index (χ1) is 13.6. The summed E-state index contributed by atoms with van der Waals surface area (Å²) in [4.78, 5) is 28.9. The molecule has 0 fully saturated rings. The van der Waals surface area contributed by atoms with Crippen molar-refractivity contribution in [3.05, 3.63) is 40.8 Å². The van der Waals surface area contributed by atoms with E-state index < -0.39 is 30.6 Å². The molecular weight excluding hydrogens is 411 g/mol. The van der Waals surface area contributed by atoms with Crippen LogP contribution >= 0.6 is 11.6 Å². The second-order valence-corrected chi connectivity index (χ2v) is 6.50. The average Bonchev–Trinajstić information content (AvgIpc) is 3.01. The van der Waals surface area contributed by atoms with Gasteiger partial charge in [0, 0.05) is 43.9 Å². The first kappa shape index (κ1) is 24.5. The second kappa shape index (κ2) is 11.5. The maximum absolute atomic E-state index is 12.5. The molecule has 0 aliphatic carbocycles. The van der Waals surface area contributed by atoms with Gasteiger partial charge >= 0.3 is 12.4 Å². The van der Waals surface area contributed by atoms with Gasteiger partial charge in [-0.15, -0.1) is 0 Å². The predicted molar refractivity (Wildman–Crippen MR) is 104 cm³/mol. The highest BCUT2D eigenvalue weighted by atomic mass is 35.5. The number of hydrazine groups is 1. The number of alkyl halides is 4. The molecule has 160 valence electrons. The van der Waals surface area contributed by atoms with Crippen molar-refractivity contribution in [2.75, 3.05) is 13.1 Å². The smallest absolute Gasteiger partial charge is 0.356 e. The van der Waals surface area contributed by atoms with Gasteiger partial charge < -0.3 is 10.2 Å². The summed E-state index contributed by atoms with van der Waals surface area (Å²) < 4.78 is 36.3. The number of carbonyl (C=O) groups is 2. The maximum Gasteiger partial charge on any atom is 0.390 e. The summed E-state index contributed by atoms with van der Waals surface area (Å²) >= 11 is 6.29. The normalized spacial score (nSPS) is 17.3. The fourth-order valence-electron chi connectivity index (χ4n) is 2.44. The van der Waals surface area contributed by atoms with Crippen molar-refractivity contribution in [2.45, 2.75) is 44.8 Å². The van der Waals surface area contributed by atoms with Crippen molar-refractivity contribution < 1.29 is 22.8 Å². The van der Waals surface area contributed by atoms with Crippen LogP contribution in [0, 0.1) is 6.57 Å². The van der Waals surface area contributed by atoms with Crippen LogP contribution in [0.3, 0.4) is 0 Å². The van der Waals surface area contributed by atoms with Gasteiger partial charge in [-0.05, 0) is 24.8 Å². The van der Waals surface area contributed by atoms with Gasteiger partial charge in [0.15, 0.2) is 0 Å². The van der Waals surface area contributed by atoms with Crippen molar-refractivity contribution in [1.82, 2.24) is 20.7 Å². The number of nitrogens with zero attached hydrogens (tertiary/aromatic N) is 3. The Hall–Kier alpha value is -2.51. The Kier molecular flexibility index (Phi) is 9.71. The van der Waals surface area contributed by atoms with E-state index in [-0.39, 0.29) is 18.7 Å². The number of hydrogen-bond acceptors (Lipinski definition) is 4. The van der Waals surface area contributed by atoms with Crippen LogP contribution in [-0.2, 0) is 9.59 Å². The maximum atomic E-state index is 12.5. The lowest BCUT2D eigenvalue weighted by molar-refractivity contribution is -0.137. The van der Waals surface area contributed by atoms with Gasteiger partial charge in [0.05, 0.1) is 12.1 Å². The van der Waals surface area contributed by atoms with Crippen LogP contribution in [0.1, 0.15) is 33.1 Å². The van der Waals surface area contributed by atoms with Crippen molar-refractivity contribution >= 4 is 23.4 Å².